The van der Waals surface area contributed by atoms with Crippen LogP contribution >= 0.6 is 0 Å². The van der Waals surface area contributed by atoms with Crippen molar-refractivity contribution in [3.8, 4) is 0 Å². The molecule has 0 bridgehead atoms. The Bertz CT molecular complexity index is 522. The Balaban J connectivity index is 2.18. The summed E-state index contributed by atoms with van der Waals surface area (Å²) >= 11 is 0. The molecule has 0 saturated carbocycles. The maximum atomic E-state index is 13.9. The van der Waals surface area contributed by atoms with Crippen LogP contribution in [0.15, 0.2) is 12.1 Å². The van der Waals surface area contributed by atoms with Gasteiger partial charge in [0, 0.05) is 12.6 Å². The SMILES string of the molecule is CC1CN(C)CCC1Nc1ccc(C(=O)O)c(F)c1F. The normalized spacial score (nSPS) is 23.6. The van der Waals surface area contributed by atoms with Crippen LogP contribution in [-0.4, -0.2) is 42.2 Å². The molecule has 2 rings (SSSR count). The number of benzene rings is 1. The summed E-state index contributed by atoms with van der Waals surface area (Å²) < 4.78 is 27.5. The third-order valence-corrected chi connectivity index (χ3v) is 3.76. The van der Waals surface area contributed by atoms with E-state index in [4.69, 9.17) is 5.11 Å². The Morgan fingerprint density at radius 3 is 2.70 bits per heavy atom. The van der Waals surface area contributed by atoms with Crippen LogP contribution in [0.3, 0.4) is 0 Å². The smallest absolute Gasteiger partial charge is 0.338 e. The van der Waals surface area contributed by atoms with Crippen molar-refractivity contribution in [2.45, 2.75) is 19.4 Å². The Kier molecular flexibility index (Phi) is 4.23. The van der Waals surface area contributed by atoms with E-state index in [1.807, 2.05) is 14.0 Å². The van der Waals surface area contributed by atoms with Gasteiger partial charge >= 0.3 is 5.97 Å². The summed E-state index contributed by atoms with van der Waals surface area (Å²) in [6, 6.07) is 2.42. The molecule has 1 aliphatic rings. The van der Waals surface area contributed by atoms with Crippen molar-refractivity contribution < 1.29 is 18.7 Å². The molecular formula is C14H18F2N2O2. The van der Waals surface area contributed by atoms with Gasteiger partial charge in [-0.2, -0.15) is 0 Å². The van der Waals surface area contributed by atoms with Crippen LogP contribution in [0.25, 0.3) is 0 Å². The van der Waals surface area contributed by atoms with E-state index in [0.717, 1.165) is 25.6 Å². The maximum Gasteiger partial charge on any atom is 0.338 e. The zero-order chi connectivity index (χ0) is 14.9. The molecule has 20 heavy (non-hydrogen) atoms. The minimum atomic E-state index is -1.47. The van der Waals surface area contributed by atoms with Gasteiger partial charge in [-0.3, -0.25) is 0 Å². The molecule has 0 amide bonds. The number of rotatable bonds is 3. The molecule has 4 nitrogen and oxygen atoms in total. The number of hydrogen-bond donors (Lipinski definition) is 2. The van der Waals surface area contributed by atoms with Crippen LogP contribution in [0.2, 0.25) is 0 Å². The molecule has 2 N–H and O–H groups in total. The van der Waals surface area contributed by atoms with Gasteiger partial charge in [0.15, 0.2) is 11.6 Å². The quantitative estimate of drug-likeness (QED) is 0.895. The molecule has 1 aromatic carbocycles. The Morgan fingerprint density at radius 2 is 2.10 bits per heavy atom. The predicted octanol–water partition coefficient (Wildman–Crippen LogP) is 2.42. The number of carboxylic acid groups (broad SMARTS) is 1. The monoisotopic (exact) mass is 284 g/mol. The molecule has 1 fully saturated rings. The molecule has 110 valence electrons. The summed E-state index contributed by atoms with van der Waals surface area (Å²) in [6.45, 7) is 3.82. The number of nitrogens with one attached hydrogen (secondary N) is 1. The van der Waals surface area contributed by atoms with Gasteiger partial charge in [-0.15, -0.1) is 0 Å². The van der Waals surface area contributed by atoms with E-state index < -0.39 is 23.2 Å². The van der Waals surface area contributed by atoms with E-state index in [1.165, 1.54) is 6.07 Å². The summed E-state index contributed by atoms with van der Waals surface area (Å²) in [5.41, 5.74) is -0.627. The van der Waals surface area contributed by atoms with Crippen molar-refractivity contribution in [1.82, 2.24) is 4.90 Å². The second-order valence-corrected chi connectivity index (χ2v) is 5.37. The van der Waals surface area contributed by atoms with Crippen LogP contribution in [0, 0.1) is 17.6 Å². The van der Waals surface area contributed by atoms with Crippen LogP contribution in [0.1, 0.15) is 23.7 Å². The van der Waals surface area contributed by atoms with Crippen molar-refractivity contribution in [2.24, 2.45) is 5.92 Å². The molecule has 0 aromatic heterocycles. The maximum absolute atomic E-state index is 13.9. The summed E-state index contributed by atoms with van der Waals surface area (Å²) in [4.78, 5) is 12.9. The number of nitrogens with zero attached hydrogens (tertiary/aromatic N) is 1. The highest BCUT2D eigenvalue weighted by atomic mass is 19.2. The van der Waals surface area contributed by atoms with E-state index in [9.17, 15) is 13.6 Å². The van der Waals surface area contributed by atoms with Crippen LogP contribution in [-0.2, 0) is 0 Å². The van der Waals surface area contributed by atoms with Crippen molar-refractivity contribution in [1.29, 1.82) is 0 Å². The van der Waals surface area contributed by atoms with Gasteiger partial charge in [0.1, 0.15) is 0 Å². The lowest BCUT2D eigenvalue weighted by molar-refractivity contribution is 0.0690. The van der Waals surface area contributed by atoms with Gasteiger partial charge in [0.2, 0.25) is 0 Å². The summed E-state index contributed by atoms with van der Waals surface area (Å²) in [7, 11) is 2.02. The van der Waals surface area contributed by atoms with Gasteiger partial charge in [0.25, 0.3) is 0 Å². The predicted molar refractivity (Wildman–Crippen MR) is 72.0 cm³/mol. The molecule has 0 aliphatic carbocycles. The first-order chi connectivity index (χ1) is 9.40. The topological polar surface area (TPSA) is 52.6 Å². The van der Waals surface area contributed by atoms with E-state index in [1.54, 1.807) is 0 Å². The van der Waals surface area contributed by atoms with Gasteiger partial charge in [-0.25, -0.2) is 13.6 Å². The molecule has 2 unspecified atom stereocenters. The number of likely N-dealkylation sites (tertiary alicyclic amines) is 1. The first-order valence-corrected chi connectivity index (χ1v) is 6.56. The molecule has 1 aromatic rings. The lowest BCUT2D eigenvalue weighted by Crippen LogP contribution is -2.43. The van der Waals surface area contributed by atoms with Crippen molar-refractivity contribution in [3.05, 3.63) is 29.3 Å². The highest BCUT2D eigenvalue weighted by Gasteiger charge is 2.26. The fraction of sp³-hybridized carbons (Fsp3) is 0.500. The first-order valence-electron chi connectivity index (χ1n) is 6.56. The molecular weight excluding hydrogens is 266 g/mol. The van der Waals surface area contributed by atoms with Crippen molar-refractivity contribution in [2.75, 3.05) is 25.5 Å². The molecule has 2 atom stereocenters. The Labute approximate surface area is 116 Å². The largest absolute Gasteiger partial charge is 0.478 e. The number of carboxylic acids is 1. The lowest BCUT2D eigenvalue weighted by Gasteiger charge is -2.35. The van der Waals surface area contributed by atoms with Gasteiger partial charge < -0.3 is 15.3 Å². The number of anilines is 1. The molecule has 6 heteroatoms. The molecule has 0 spiro atoms. The zero-order valence-electron chi connectivity index (χ0n) is 11.5. The Morgan fingerprint density at radius 1 is 1.40 bits per heavy atom. The van der Waals surface area contributed by atoms with Crippen molar-refractivity contribution in [3.63, 3.8) is 0 Å². The van der Waals surface area contributed by atoms with E-state index >= 15 is 0 Å². The van der Waals surface area contributed by atoms with E-state index in [2.05, 4.69) is 10.2 Å². The second kappa shape index (κ2) is 5.75. The molecule has 1 saturated heterocycles. The lowest BCUT2D eigenvalue weighted by atomic mass is 9.94. The van der Waals surface area contributed by atoms with Crippen LogP contribution < -0.4 is 5.32 Å². The molecule has 0 radical (unpaired) electrons. The summed E-state index contributed by atoms with van der Waals surface area (Å²) in [5, 5.41) is 11.7. The van der Waals surface area contributed by atoms with E-state index in [-0.39, 0.29) is 11.7 Å². The minimum absolute atomic E-state index is 0.0221. The number of carbonyl (C=O) groups is 1. The fourth-order valence-corrected chi connectivity index (χ4v) is 2.59. The number of piperidine rings is 1. The molecule has 1 aliphatic heterocycles. The average molecular weight is 284 g/mol. The highest BCUT2D eigenvalue weighted by Crippen LogP contribution is 2.25. The highest BCUT2D eigenvalue weighted by molar-refractivity contribution is 5.88. The Hall–Kier alpha value is -1.69. The number of aromatic carboxylic acids is 1. The van der Waals surface area contributed by atoms with Crippen molar-refractivity contribution >= 4 is 11.7 Å². The van der Waals surface area contributed by atoms with Crippen LogP contribution in [0.5, 0.6) is 0 Å². The third-order valence-electron chi connectivity index (χ3n) is 3.76. The molecule has 1 heterocycles. The zero-order valence-corrected chi connectivity index (χ0v) is 11.5. The third kappa shape index (κ3) is 2.90. The number of halogens is 2. The van der Waals surface area contributed by atoms with Gasteiger partial charge in [0.05, 0.1) is 11.3 Å². The van der Waals surface area contributed by atoms with Crippen LogP contribution in [0.4, 0.5) is 14.5 Å². The average Bonchev–Trinajstić information content (AvgIpc) is 2.37. The first kappa shape index (κ1) is 14.7. The van der Waals surface area contributed by atoms with E-state index in [0.29, 0.717) is 5.92 Å². The summed E-state index contributed by atoms with van der Waals surface area (Å²) in [6.07, 6.45) is 0.833. The number of hydrogen-bond acceptors (Lipinski definition) is 3. The standard InChI is InChI=1S/C14H18F2N2O2/c1-8-7-18(2)6-5-10(8)17-11-4-3-9(14(19)20)12(15)13(11)16/h3-4,8,10,17H,5-7H2,1-2H3,(H,19,20). The minimum Gasteiger partial charge on any atom is -0.478 e. The van der Waals surface area contributed by atoms with Gasteiger partial charge in [-0.1, -0.05) is 6.92 Å². The fourth-order valence-electron chi connectivity index (χ4n) is 2.59. The second-order valence-electron chi connectivity index (χ2n) is 5.37. The summed E-state index contributed by atoms with van der Waals surface area (Å²) in [5.74, 6) is -3.62. The van der Waals surface area contributed by atoms with Gasteiger partial charge in [-0.05, 0) is 38.1 Å².